The number of hydrogen-bond donors (Lipinski definition) is 1. The molecule has 0 aromatic heterocycles. The molecule has 0 aliphatic carbocycles. The van der Waals surface area contributed by atoms with Crippen LogP contribution in [0.2, 0.25) is 0 Å². The molecule has 0 saturated carbocycles. The minimum atomic E-state index is -0.398. The predicted molar refractivity (Wildman–Crippen MR) is 99.8 cm³/mol. The zero-order valence-corrected chi connectivity index (χ0v) is 15.2. The Morgan fingerprint density at radius 1 is 1.11 bits per heavy atom. The first kappa shape index (κ1) is 18.8. The Balaban J connectivity index is 1.43. The topological polar surface area (TPSA) is 73.9 Å². The molecule has 1 aliphatic heterocycles. The van der Waals surface area contributed by atoms with Gasteiger partial charge in [0.15, 0.2) is 18.1 Å². The van der Waals surface area contributed by atoms with E-state index in [1.807, 2.05) is 61.5 Å². The number of carbonyl (C=O) groups is 2. The van der Waals surface area contributed by atoms with Crippen LogP contribution in [0.5, 0.6) is 11.5 Å². The van der Waals surface area contributed by atoms with Crippen LogP contribution in [0.3, 0.4) is 0 Å². The molecule has 1 aliphatic rings. The van der Waals surface area contributed by atoms with Crippen LogP contribution in [0.15, 0.2) is 54.6 Å². The maximum Gasteiger partial charge on any atom is 0.313 e. The third kappa shape index (κ3) is 5.00. The number of para-hydroxylation sites is 2. The molecule has 1 amide bonds. The van der Waals surface area contributed by atoms with E-state index in [1.165, 1.54) is 0 Å². The average Bonchev–Trinajstić information content (AvgIpc) is 2.72. The van der Waals surface area contributed by atoms with Crippen LogP contribution in [-0.4, -0.2) is 37.7 Å². The Morgan fingerprint density at radius 2 is 1.81 bits per heavy atom. The first-order valence-corrected chi connectivity index (χ1v) is 9.04. The normalized spacial score (nSPS) is 16.3. The molecule has 27 heavy (non-hydrogen) atoms. The number of carbonyl (C=O) groups excluding carboxylic acids is 2. The van der Waals surface area contributed by atoms with Crippen LogP contribution in [0.25, 0.3) is 0 Å². The van der Waals surface area contributed by atoms with Crippen molar-refractivity contribution in [3.63, 3.8) is 0 Å². The maximum absolute atomic E-state index is 12.3. The molecule has 0 fully saturated rings. The van der Waals surface area contributed by atoms with E-state index in [4.69, 9.17) is 14.2 Å². The highest BCUT2D eigenvalue weighted by molar-refractivity contribution is 5.83. The van der Waals surface area contributed by atoms with Gasteiger partial charge < -0.3 is 19.5 Å². The standard InChI is InChI=1S/C21H23NO5/c1-2-17(15-8-4-3-5-9-15)21(24)26-14-20(23)22-12-16-13-25-18-10-6-7-11-19(18)27-16/h3-11,16-17H,2,12-14H2,1H3,(H,22,23). The summed E-state index contributed by atoms with van der Waals surface area (Å²) >= 11 is 0. The molecule has 6 heteroatoms. The molecule has 1 N–H and O–H groups in total. The zero-order valence-electron chi connectivity index (χ0n) is 15.2. The number of nitrogens with one attached hydrogen (secondary N) is 1. The molecule has 2 atom stereocenters. The van der Waals surface area contributed by atoms with Gasteiger partial charge >= 0.3 is 5.97 Å². The van der Waals surface area contributed by atoms with Gasteiger partial charge in [-0.25, -0.2) is 0 Å². The maximum atomic E-state index is 12.3. The molecule has 0 bridgehead atoms. The van der Waals surface area contributed by atoms with Crippen LogP contribution in [0, 0.1) is 0 Å². The Morgan fingerprint density at radius 3 is 2.56 bits per heavy atom. The molecular weight excluding hydrogens is 346 g/mol. The monoisotopic (exact) mass is 369 g/mol. The quantitative estimate of drug-likeness (QED) is 0.760. The molecule has 0 saturated heterocycles. The Hall–Kier alpha value is -3.02. The average molecular weight is 369 g/mol. The Kier molecular flexibility index (Phi) is 6.30. The lowest BCUT2D eigenvalue weighted by Crippen LogP contribution is -2.42. The van der Waals surface area contributed by atoms with Crippen LogP contribution in [0.1, 0.15) is 24.8 Å². The summed E-state index contributed by atoms with van der Waals surface area (Å²) in [5, 5.41) is 2.71. The third-order valence-corrected chi connectivity index (χ3v) is 4.33. The van der Waals surface area contributed by atoms with Crippen molar-refractivity contribution in [3.05, 3.63) is 60.2 Å². The van der Waals surface area contributed by atoms with Gasteiger partial charge in [0.25, 0.3) is 5.91 Å². The van der Waals surface area contributed by atoms with Crippen molar-refractivity contribution < 1.29 is 23.8 Å². The van der Waals surface area contributed by atoms with Crippen LogP contribution >= 0.6 is 0 Å². The van der Waals surface area contributed by atoms with Crippen molar-refractivity contribution in [1.29, 1.82) is 0 Å². The lowest BCUT2D eigenvalue weighted by atomic mass is 9.97. The summed E-state index contributed by atoms with van der Waals surface area (Å²) in [5.74, 6) is 0.216. The first-order chi connectivity index (χ1) is 13.2. The van der Waals surface area contributed by atoms with Gasteiger partial charge in [-0.1, -0.05) is 49.4 Å². The summed E-state index contributed by atoms with van der Waals surface area (Å²) in [6, 6.07) is 16.8. The van der Waals surface area contributed by atoms with Gasteiger partial charge in [0.1, 0.15) is 12.7 Å². The summed E-state index contributed by atoms with van der Waals surface area (Å²) < 4.78 is 16.6. The number of ether oxygens (including phenoxy) is 3. The van der Waals surface area contributed by atoms with Gasteiger partial charge in [-0.05, 0) is 24.1 Å². The van der Waals surface area contributed by atoms with Crippen molar-refractivity contribution in [3.8, 4) is 11.5 Å². The summed E-state index contributed by atoms with van der Waals surface area (Å²) in [7, 11) is 0. The van der Waals surface area contributed by atoms with E-state index in [0.717, 1.165) is 5.56 Å². The lowest BCUT2D eigenvalue weighted by Gasteiger charge is -2.26. The van der Waals surface area contributed by atoms with E-state index < -0.39 is 5.97 Å². The first-order valence-electron chi connectivity index (χ1n) is 9.04. The molecule has 1 heterocycles. The van der Waals surface area contributed by atoms with Crippen LogP contribution in [-0.2, 0) is 14.3 Å². The van der Waals surface area contributed by atoms with Crippen molar-refractivity contribution in [1.82, 2.24) is 5.32 Å². The Labute approximate surface area is 158 Å². The van der Waals surface area contributed by atoms with Gasteiger partial charge in [0, 0.05) is 0 Å². The van der Waals surface area contributed by atoms with Gasteiger partial charge in [0.05, 0.1) is 12.5 Å². The third-order valence-electron chi connectivity index (χ3n) is 4.33. The fraction of sp³-hybridized carbons (Fsp3) is 0.333. The van der Waals surface area contributed by atoms with E-state index >= 15 is 0 Å². The van der Waals surface area contributed by atoms with E-state index in [-0.39, 0.29) is 31.1 Å². The summed E-state index contributed by atoms with van der Waals surface area (Å²) in [6.45, 7) is 2.23. The fourth-order valence-electron chi connectivity index (χ4n) is 2.90. The summed E-state index contributed by atoms with van der Waals surface area (Å²) in [5.41, 5.74) is 0.886. The molecule has 0 spiro atoms. The minimum Gasteiger partial charge on any atom is -0.486 e. The summed E-state index contributed by atoms with van der Waals surface area (Å²) in [6.07, 6.45) is 0.323. The highest BCUT2D eigenvalue weighted by Gasteiger charge is 2.23. The molecule has 142 valence electrons. The lowest BCUT2D eigenvalue weighted by molar-refractivity contribution is -0.150. The fourth-order valence-corrected chi connectivity index (χ4v) is 2.90. The van der Waals surface area contributed by atoms with Gasteiger partial charge in [-0.2, -0.15) is 0 Å². The zero-order chi connectivity index (χ0) is 19.1. The van der Waals surface area contributed by atoms with Crippen LogP contribution in [0.4, 0.5) is 0 Å². The molecule has 0 radical (unpaired) electrons. The van der Waals surface area contributed by atoms with E-state index in [1.54, 1.807) is 0 Å². The highest BCUT2D eigenvalue weighted by Crippen LogP contribution is 2.30. The molecule has 3 rings (SSSR count). The molecule has 2 aromatic rings. The van der Waals surface area contributed by atoms with E-state index in [9.17, 15) is 9.59 Å². The number of benzene rings is 2. The number of hydrogen-bond acceptors (Lipinski definition) is 5. The number of rotatable bonds is 7. The van der Waals surface area contributed by atoms with Crippen molar-refractivity contribution in [2.45, 2.75) is 25.4 Å². The highest BCUT2D eigenvalue weighted by atomic mass is 16.6. The summed E-state index contributed by atoms with van der Waals surface area (Å²) in [4.78, 5) is 24.3. The largest absolute Gasteiger partial charge is 0.486 e. The second kappa shape index (κ2) is 9.07. The number of fused-ring (bicyclic) bond motifs is 1. The predicted octanol–water partition coefficient (Wildman–Crippen LogP) is 2.68. The molecule has 6 nitrogen and oxygen atoms in total. The minimum absolute atomic E-state index is 0.278. The van der Waals surface area contributed by atoms with Crippen LogP contribution < -0.4 is 14.8 Å². The van der Waals surface area contributed by atoms with Gasteiger partial charge in [-0.3, -0.25) is 9.59 Å². The van der Waals surface area contributed by atoms with Crippen molar-refractivity contribution >= 4 is 11.9 Å². The van der Waals surface area contributed by atoms with Crippen molar-refractivity contribution in [2.75, 3.05) is 19.8 Å². The van der Waals surface area contributed by atoms with Gasteiger partial charge in [-0.15, -0.1) is 0 Å². The van der Waals surface area contributed by atoms with E-state index in [2.05, 4.69) is 5.32 Å². The molecule has 2 aromatic carbocycles. The smallest absolute Gasteiger partial charge is 0.313 e. The van der Waals surface area contributed by atoms with Gasteiger partial charge in [0.2, 0.25) is 0 Å². The second-order valence-corrected chi connectivity index (χ2v) is 6.28. The van der Waals surface area contributed by atoms with E-state index in [0.29, 0.717) is 24.5 Å². The number of esters is 1. The second-order valence-electron chi connectivity index (χ2n) is 6.28. The molecule has 2 unspecified atom stereocenters. The SMILES string of the molecule is CCC(C(=O)OCC(=O)NCC1COc2ccccc2O1)c1ccccc1. The Bertz CT molecular complexity index is 777. The number of amides is 1. The molecular formula is C21H23NO5. The van der Waals surface area contributed by atoms with Crippen molar-refractivity contribution in [2.24, 2.45) is 0 Å².